The molecular weight excluding hydrogens is 624 g/mol. The van der Waals surface area contributed by atoms with Crippen LogP contribution in [0.4, 0.5) is 5.69 Å². The molecule has 3 rings (SSSR count). The summed E-state index contributed by atoms with van der Waals surface area (Å²) < 4.78 is 2.49. The van der Waals surface area contributed by atoms with E-state index in [2.05, 4.69) is 61.7 Å². The summed E-state index contributed by atoms with van der Waals surface area (Å²) in [6, 6.07) is 13.2. The van der Waals surface area contributed by atoms with Crippen LogP contribution in [0.5, 0.6) is 0 Å². The molecule has 0 fully saturated rings. The Hall–Kier alpha value is 0.502. The predicted molar refractivity (Wildman–Crippen MR) is 93.4 cm³/mol. The van der Waals surface area contributed by atoms with Gasteiger partial charge in [-0.15, -0.1) is 0 Å². The first-order valence-corrected chi connectivity index (χ1v) is 8.32. The van der Waals surface area contributed by atoms with Crippen molar-refractivity contribution in [2.75, 3.05) is 13.2 Å². The Balaban J connectivity index is 0.00000144. The summed E-state index contributed by atoms with van der Waals surface area (Å²) in [7, 11) is 0. The molecule has 1 heterocycles. The number of benzene rings is 2. The Bertz CT molecular complexity index is 739. The van der Waals surface area contributed by atoms with Gasteiger partial charge in [0.25, 0.3) is 0 Å². The minimum absolute atomic E-state index is 0. The standard InChI is InChI=1S/C20H26NO.Ac.HI/c1-15-20(2,3)19-17-10-6-5-9-16(17)11-12-18(19)21(15)13-7-4-8-14-22;;/h5-6,9-12,22H,4,7-8,13-14H2,1-3H3;;1H/q+1;;/p-1. The molecule has 127 valence electrons. The maximum atomic E-state index is 8.95. The molecule has 0 atom stereocenters. The van der Waals surface area contributed by atoms with Gasteiger partial charge in [0.1, 0.15) is 6.54 Å². The van der Waals surface area contributed by atoms with E-state index in [0.717, 1.165) is 25.8 Å². The first-order chi connectivity index (χ1) is 10.6. The molecule has 0 aromatic heterocycles. The minimum atomic E-state index is 0. The van der Waals surface area contributed by atoms with Gasteiger partial charge in [0.05, 0.1) is 5.41 Å². The van der Waals surface area contributed by atoms with Crippen molar-refractivity contribution in [3.63, 3.8) is 0 Å². The van der Waals surface area contributed by atoms with Gasteiger partial charge in [0, 0.05) is 75.6 Å². The van der Waals surface area contributed by atoms with Crippen LogP contribution in [0, 0.1) is 44.1 Å². The van der Waals surface area contributed by atoms with Gasteiger partial charge < -0.3 is 29.1 Å². The van der Waals surface area contributed by atoms with Gasteiger partial charge in [0.15, 0.2) is 5.71 Å². The summed E-state index contributed by atoms with van der Waals surface area (Å²) in [6.45, 7) is 8.28. The molecule has 2 nitrogen and oxygen atoms in total. The van der Waals surface area contributed by atoms with Crippen molar-refractivity contribution >= 4 is 22.2 Å². The van der Waals surface area contributed by atoms with E-state index in [1.54, 1.807) is 0 Å². The van der Waals surface area contributed by atoms with E-state index in [9.17, 15) is 0 Å². The SMILES string of the molecule is CC1=[N+](CCCCCO)c2ccc3ccccc3c2C1(C)C.[Ac].[I-]. The summed E-state index contributed by atoms with van der Waals surface area (Å²) in [5.41, 5.74) is 4.34. The molecule has 1 aliphatic heterocycles. The Kier molecular flexibility index (Phi) is 8.87. The molecule has 0 aliphatic carbocycles. The second-order valence-electron chi connectivity index (χ2n) is 6.83. The molecule has 1 aliphatic rings. The molecule has 0 bridgehead atoms. The minimum Gasteiger partial charge on any atom is -1.00 e. The third-order valence-electron chi connectivity index (χ3n) is 5.17. The molecule has 0 spiro atoms. The fourth-order valence-electron chi connectivity index (χ4n) is 3.69. The van der Waals surface area contributed by atoms with E-state index >= 15 is 0 Å². The zero-order chi connectivity index (χ0) is 15.7. The van der Waals surface area contributed by atoms with Gasteiger partial charge in [-0.25, -0.2) is 0 Å². The maximum Gasteiger partial charge on any atom is 0.210 e. The van der Waals surface area contributed by atoms with Crippen LogP contribution in [-0.4, -0.2) is 28.5 Å². The second-order valence-corrected chi connectivity index (χ2v) is 6.83. The quantitative estimate of drug-likeness (QED) is 0.296. The predicted octanol–water partition coefficient (Wildman–Crippen LogP) is 1.40. The van der Waals surface area contributed by atoms with Gasteiger partial charge in [-0.2, -0.15) is 4.58 Å². The second kappa shape index (κ2) is 9.44. The number of nitrogens with zero attached hydrogens (tertiary/aromatic N) is 1. The largest absolute Gasteiger partial charge is 1.00 e. The number of hydrogen-bond acceptors (Lipinski definition) is 1. The van der Waals surface area contributed by atoms with Crippen molar-refractivity contribution in [3.8, 4) is 0 Å². The number of rotatable bonds is 5. The third-order valence-corrected chi connectivity index (χ3v) is 5.17. The van der Waals surface area contributed by atoms with Crippen molar-refractivity contribution in [1.82, 2.24) is 0 Å². The van der Waals surface area contributed by atoms with Crippen LogP contribution in [0.3, 0.4) is 0 Å². The average molecular weight is 650 g/mol. The summed E-state index contributed by atoms with van der Waals surface area (Å²) in [4.78, 5) is 0. The van der Waals surface area contributed by atoms with Crippen LogP contribution in [-0.2, 0) is 5.41 Å². The summed E-state index contributed by atoms with van der Waals surface area (Å²) in [6.07, 6.45) is 3.12. The summed E-state index contributed by atoms with van der Waals surface area (Å²) in [5.74, 6) is 0. The van der Waals surface area contributed by atoms with E-state index in [0.29, 0.717) is 6.61 Å². The van der Waals surface area contributed by atoms with Crippen molar-refractivity contribution in [1.29, 1.82) is 0 Å². The topological polar surface area (TPSA) is 23.2 Å². The third kappa shape index (κ3) is 4.08. The number of halogens is 1. The number of hydrogen-bond donors (Lipinski definition) is 1. The van der Waals surface area contributed by atoms with E-state index in [1.165, 1.54) is 27.7 Å². The number of aliphatic hydroxyl groups excluding tert-OH is 1. The fraction of sp³-hybridized carbons (Fsp3) is 0.450. The Morgan fingerprint density at radius 3 is 2.42 bits per heavy atom. The molecule has 0 saturated carbocycles. The van der Waals surface area contributed by atoms with E-state index < -0.39 is 0 Å². The molecule has 2 aromatic rings. The van der Waals surface area contributed by atoms with Crippen molar-refractivity contribution in [2.45, 2.75) is 45.4 Å². The first-order valence-electron chi connectivity index (χ1n) is 8.32. The van der Waals surface area contributed by atoms with Crippen LogP contribution in [0.15, 0.2) is 36.4 Å². The van der Waals surface area contributed by atoms with Crippen molar-refractivity contribution in [3.05, 3.63) is 42.0 Å². The molecule has 4 heteroatoms. The van der Waals surface area contributed by atoms with Crippen LogP contribution in [0.1, 0.15) is 45.6 Å². The molecule has 1 radical (unpaired) electrons. The fourth-order valence-corrected chi connectivity index (χ4v) is 3.69. The number of aliphatic hydroxyl groups is 1. The Morgan fingerprint density at radius 2 is 1.71 bits per heavy atom. The van der Waals surface area contributed by atoms with Gasteiger partial charge in [-0.1, -0.05) is 24.3 Å². The zero-order valence-corrected chi connectivity index (χ0v) is 21.8. The monoisotopic (exact) mass is 650 g/mol. The smallest absolute Gasteiger partial charge is 0.210 e. The molecule has 0 amide bonds. The van der Waals surface area contributed by atoms with Crippen molar-refractivity contribution in [2.24, 2.45) is 0 Å². The molecular formula is C20H26AcINO. The molecule has 1 N–H and O–H groups in total. The zero-order valence-electron chi connectivity index (χ0n) is 14.8. The van der Waals surface area contributed by atoms with Gasteiger partial charge in [-0.3, -0.25) is 0 Å². The Labute approximate surface area is 198 Å². The molecule has 2 aromatic carbocycles. The van der Waals surface area contributed by atoms with Crippen LogP contribution in [0.25, 0.3) is 10.8 Å². The van der Waals surface area contributed by atoms with Crippen LogP contribution < -0.4 is 24.0 Å². The van der Waals surface area contributed by atoms with E-state index in [-0.39, 0.29) is 73.5 Å². The molecule has 24 heavy (non-hydrogen) atoms. The first kappa shape index (κ1) is 22.5. The van der Waals surface area contributed by atoms with E-state index in [4.69, 9.17) is 5.11 Å². The normalized spacial score (nSPS) is 15.0. The van der Waals surface area contributed by atoms with Gasteiger partial charge in [-0.05, 0) is 43.5 Å². The van der Waals surface area contributed by atoms with Gasteiger partial charge >= 0.3 is 0 Å². The molecule has 0 unspecified atom stereocenters. The van der Waals surface area contributed by atoms with Crippen molar-refractivity contribution < 1.29 is 77.7 Å². The molecule has 0 saturated heterocycles. The Morgan fingerprint density at radius 1 is 1.00 bits per heavy atom. The number of fused-ring (bicyclic) bond motifs is 3. The van der Waals surface area contributed by atoms with E-state index in [1.807, 2.05) is 0 Å². The van der Waals surface area contributed by atoms with Crippen LogP contribution >= 0.6 is 0 Å². The number of unbranched alkanes of at least 4 members (excludes halogenated alkanes) is 2. The van der Waals surface area contributed by atoms with Crippen LogP contribution in [0.2, 0.25) is 0 Å². The summed E-state index contributed by atoms with van der Waals surface area (Å²) in [5, 5.41) is 11.7. The maximum absolute atomic E-state index is 8.95. The van der Waals surface area contributed by atoms with Gasteiger partial charge in [0.2, 0.25) is 5.69 Å². The average Bonchev–Trinajstić information content (AvgIpc) is 2.72. The summed E-state index contributed by atoms with van der Waals surface area (Å²) >= 11 is 0.